The average molecular weight is 775 g/mol. The Morgan fingerprint density at radius 1 is 0.262 bits per heavy atom. The fourth-order valence-corrected chi connectivity index (χ4v) is 11.4. The zero-order chi connectivity index (χ0) is 40.1. The van der Waals surface area contributed by atoms with E-state index in [1.165, 1.54) is 83.1 Å². The van der Waals surface area contributed by atoms with E-state index in [4.69, 9.17) is 4.74 Å². The van der Waals surface area contributed by atoms with Crippen molar-refractivity contribution in [2.24, 2.45) is 0 Å². The second-order valence-corrected chi connectivity index (χ2v) is 16.7. The molecule has 0 N–H and O–H groups in total. The second kappa shape index (κ2) is 12.9. The van der Waals surface area contributed by atoms with Gasteiger partial charge in [-0.25, -0.2) is 0 Å². The maximum Gasteiger partial charge on any atom is 0.132 e. The van der Waals surface area contributed by atoms with Gasteiger partial charge in [-0.3, -0.25) is 0 Å². The van der Waals surface area contributed by atoms with Gasteiger partial charge in [0.25, 0.3) is 0 Å². The fraction of sp³-hybridized carbons (Fsp3) is 0.0333. The van der Waals surface area contributed by atoms with Gasteiger partial charge in [0.15, 0.2) is 0 Å². The van der Waals surface area contributed by atoms with Gasteiger partial charge in [-0.1, -0.05) is 200 Å². The average Bonchev–Trinajstić information content (AvgIpc) is 3.80. The van der Waals surface area contributed by atoms with Crippen molar-refractivity contribution in [3.63, 3.8) is 0 Å². The molecule has 0 saturated heterocycles. The molecule has 10 aromatic carbocycles. The summed E-state index contributed by atoms with van der Waals surface area (Å²) in [6.45, 7) is 0. The fourth-order valence-electron chi connectivity index (χ4n) is 11.4. The Morgan fingerprint density at radius 3 is 1.52 bits per heavy atom. The van der Waals surface area contributed by atoms with Crippen molar-refractivity contribution in [3.8, 4) is 56.0 Å². The summed E-state index contributed by atoms with van der Waals surface area (Å²) >= 11 is 0. The van der Waals surface area contributed by atoms with Crippen LogP contribution in [0.4, 0.5) is 0 Å². The van der Waals surface area contributed by atoms with Crippen molar-refractivity contribution < 1.29 is 4.74 Å². The van der Waals surface area contributed by atoms with Crippen molar-refractivity contribution in [1.29, 1.82) is 0 Å². The van der Waals surface area contributed by atoms with Gasteiger partial charge in [-0.15, -0.1) is 0 Å². The lowest BCUT2D eigenvalue weighted by atomic mass is 9.63. The first-order valence-corrected chi connectivity index (χ1v) is 21.3. The quantitative estimate of drug-likeness (QED) is 0.173. The molecular weight excluding hydrogens is 737 g/mol. The van der Waals surface area contributed by atoms with Crippen LogP contribution in [0.2, 0.25) is 0 Å². The molecule has 2 aliphatic carbocycles. The van der Waals surface area contributed by atoms with E-state index in [-0.39, 0.29) is 0 Å². The lowest BCUT2D eigenvalue weighted by Gasteiger charge is -2.41. The van der Waals surface area contributed by atoms with Crippen molar-refractivity contribution in [1.82, 2.24) is 0 Å². The molecule has 1 atom stereocenters. The van der Waals surface area contributed by atoms with Gasteiger partial charge in [0, 0.05) is 11.1 Å². The molecule has 284 valence electrons. The lowest BCUT2D eigenvalue weighted by Crippen LogP contribution is -2.34. The van der Waals surface area contributed by atoms with Crippen LogP contribution in [0, 0.1) is 0 Å². The van der Waals surface area contributed by atoms with E-state index in [0.29, 0.717) is 0 Å². The number of fused-ring (bicyclic) bond motifs is 13. The Kier molecular flexibility index (Phi) is 7.21. The number of rotatable bonds is 4. The summed E-state index contributed by atoms with van der Waals surface area (Å²) in [4.78, 5) is 0. The molecule has 1 aliphatic heterocycles. The van der Waals surface area contributed by atoms with Gasteiger partial charge in [0.1, 0.15) is 11.5 Å². The highest BCUT2D eigenvalue weighted by Gasteiger charge is 2.52. The van der Waals surface area contributed by atoms with Gasteiger partial charge < -0.3 is 4.74 Å². The van der Waals surface area contributed by atoms with E-state index in [2.05, 4.69) is 231 Å². The molecule has 10 aromatic rings. The topological polar surface area (TPSA) is 9.23 Å². The van der Waals surface area contributed by atoms with Crippen LogP contribution in [0.15, 0.2) is 231 Å². The Balaban J connectivity index is 1.06. The highest BCUT2D eigenvalue weighted by Crippen LogP contribution is 2.65. The number of hydrogen-bond donors (Lipinski definition) is 0. The highest BCUT2D eigenvalue weighted by molar-refractivity contribution is 6.04. The van der Waals surface area contributed by atoms with Crippen molar-refractivity contribution in [3.05, 3.63) is 275 Å². The van der Waals surface area contributed by atoms with E-state index >= 15 is 0 Å². The van der Waals surface area contributed by atoms with Crippen LogP contribution in [0.5, 0.6) is 11.5 Å². The van der Waals surface area contributed by atoms with E-state index in [1.807, 2.05) is 0 Å². The minimum absolute atomic E-state index is 0.450. The predicted molar refractivity (Wildman–Crippen MR) is 250 cm³/mol. The second-order valence-electron chi connectivity index (χ2n) is 16.7. The lowest BCUT2D eigenvalue weighted by molar-refractivity contribution is 0.434. The summed E-state index contributed by atoms with van der Waals surface area (Å²) < 4.78 is 6.82. The van der Waals surface area contributed by atoms with Gasteiger partial charge in [-0.05, 0) is 119 Å². The van der Waals surface area contributed by atoms with E-state index in [0.717, 1.165) is 28.2 Å². The first-order valence-electron chi connectivity index (χ1n) is 21.3. The van der Waals surface area contributed by atoms with Gasteiger partial charge in [0.05, 0.1) is 10.8 Å². The Morgan fingerprint density at radius 2 is 0.787 bits per heavy atom. The summed E-state index contributed by atoms with van der Waals surface area (Å²) in [5.74, 6) is 1.75. The van der Waals surface area contributed by atoms with E-state index in [1.54, 1.807) is 0 Å². The molecule has 0 aromatic heterocycles. The van der Waals surface area contributed by atoms with Crippen LogP contribution >= 0.6 is 0 Å². The summed E-state index contributed by atoms with van der Waals surface area (Å²) in [7, 11) is 0. The van der Waals surface area contributed by atoms with Crippen molar-refractivity contribution >= 4 is 10.8 Å². The van der Waals surface area contributed by atoms with E-state index < -0.39 is 10.8 Å². The molecule has 0 bridgehead atoms. The molecule has 0 radical (unpaired) electrons. The van der Waals surface area contributed by atoms with Crippen LogP contribution in [0.25, 0.3) is 55.3 Å². The third kappa shape index (κ3) is 4.55. The monoisotopic (exact) mass is 774 g/mol. The van der Waals surface area contributed by atoms with Crippen LogP contribution < -0.4 is 4.74 Å². The molecular formula is C60H38O. The van der Waals surface area contributed by atoms with Gasteiger partial charge in [0.2, 0.25) is 0 Å². The van der Waals surface area contributed by atoms with Crippen LogP contribution in [-0.4, -0.2) is 0 Å². The minimum Gasteiger partial charge on any atom is -0.457 e. The number of para-hydroxylation sites is 1. The molecule has 61 heavy (non-hydrogen) atoms. The summed E-state index contributed by atoms with van der Waals surface area (Å²) in [5, 5.41) is 2.53. The third-order valence-corrected chi connectivity index (χ3v) is 13.8. The van der Waals surface area contributed by atoms with Crippen LogP contribution in [-0.2, 0) is 10.8 Å². The molecule has 3 aliphatic rings. The molecule has 1 spiro atoms. The zero-order valence-corrected chi connectivity index (χ0v) is 33.3. The molecule has 13 rings (SSSR count). The third-order valence-electron chi connectivity index (χ3n) is 13.8. The molecule has 0 amide bonds. The van der Waals surface area contributed by atoms with Gasteiger partial charge >= 0.3 is 0 Å². The predicted octanol–water partition coefficient (Wildman–Crippen LogP) is 15.0. The van der Waals surface area contributed by atoms with E-state index in [9.17, 15) is 0 Å². The van der Waals surface area contributed by atoms with Crippen molar-refractivity contribution in [2.75, 3.05) is 0 Å². The first kappa shape index (κ1) is 34.2. The molecule has 0 fully saturated rings. The summed E-state index contributed by atoms with van der Waals surface area (Å²) in [5.41, 5.74) is 19.0. The SMILES string of the molecule is c1ccc(C2(c3ccccc3)c3ccccc3Oc3ccc(-c4ccccc4-c4cccc5c4-c4ccccc4C54c5ccccc5-c5cc6ccccc6cc54)cc32)cc1. The molecule has 1 heterocycles. The number of ether oxygens (including phenoxy) is 1. The standard InChI is InChI=1S/C60H38O/c1-3-20-42(21-4-1)59(43-22-5-2-6-23-43)52-31-15-16-33-56(52)61-57-35-34-41(38-55(57)59)44-24-9-10-25-45(44)47-28-17-32-53-58(47)48-27-12-14-30-51(48)60(53)50-29-13-11-26-46(50)49-36-39-18-7-8-19-40(39)37-54(49)60/h1-38H. The van der Waals surface area contributed by atoms with Crippen LogP contribution in [0.3, 0.4) is 0 Å². The zero-order valence-electron chi connectivity index (χ0n) is 33.3. The Bertz CT molecular complexity index is 3360. The molecule has 1 nitrogen and oxygen atoms in total. The van der Waals surface area contributed by atoms with Gasteiger partial charge in [-0.2, -0.15) is 0 Å². The minimum atomic E-state index is -0.607. The maximum atomic E-state index is 6.82. The smallest absolute Gasteiger partial charge is 0.132 e. The first-order chi connectivity index (χ1) is 30.3. The highest BCUT2D eigenvalue weighted by atomic mass is 16.5. The van der Waals surface area contributed by atoms with Crippen LogP contribution in [0.1, 0.15) is 44.5 Å². The number of benzene rings is 10. The normalized spacial score (nSPS) is 15.9. The summed E-state index contributed by atoms with van der Waals surface area (Å²) in [6.07, 6.45) is 0. The number of hydrogen-bond acceptors (Lipinski definition) is 1. The molecule has 0 saturated carbocycles. The molecule has 1 unspecified atom stereocenters. The largest absolute Gasteiger partial charge is 0.457 e. The van der Waals surface area contributed by atoms with Crippen molar-refractivity contribution in [2.45, 2.75) is 10.8 Å². The molecule has 1 heteroatoms. The summed E-state index contributed by atoms with van der Waals surface area (Å²) in [6, 6.07) is 85.2. The Hall–Kier alpha value is -7.74. The Labute approximate surface area is 355 Å². The maximum absolute atomic E-state index is 6.82.